The van der Waals surface area contributed by atoms with Gasteiger partial charge in [0.05, 0.1) is 5.54 Å². The standard InChI is InChI=1S/C16H29N3O2/c1-3-7-16(8-4-9-18-16)15(21)19-10-5-14(6-11-19)12-17-13(2)20/h14,18H,3-12H2,1-2H3,(H,17,20). The molecule has 2 aliphatic rings. The number of nitrogens with one attached hydrogen (secondary N) is 2. The Hall–Kier alpha value is -1.10. The summed E-state index contributed by atoms with van der Waals surface area (Å²) in [5, 5.41) is 6.36. The van der Waals surface area contributed by atoms with E-state index < -0.39 is 0 Å². The van der Waals surface area contributed by atoms with Crippen molar-refractivity contribution in [3.8, 4) is 0 Å². The number of hydrogen-bond acceptors (Lipinski definition) is 3. The van der Waals surface area contributed by atoms with Crippen molar-refractivity contribution in [2.24, 2.45) is 5.92 Å². The molecule has 2 rings (SSSR count). The lowest BCUT2D eigenvalue weighted by Gasteiger charge is -2.38. The first-order chi connectivity index (χ1) is 10.1. The normalized spacial score (nSPS) is 26.9. The van der Waals surface area contributed by atoms with E-state index in [0.717, 1.165) is 64.7 Å². The van der Waals surface area contributed by atoms with Gasteiger partial charge in [0.2, 0.25) is 11.8 Å². The number of carbonyl (C=O) groups excluding carboxylic acids is 2. The fourth-order valence-electron chi connectivity index (χ4n) is 3.67. The van der Waals surface area contributed by atoms with Gasteiger partial charge >= 0.3 is 0 Å². The maximum atomic E-state index is 12.9. The smallest absolute Gasteiger partial charge is 0.242 e. The Labute approximate surface area is 127 Å². The molecule has 0 aromatic rings. The zero-order valence-electron chi connectivity index (χ0n) is 13.4. The van der Waals surface area contributed by atoms with Crippen molar-refractivity contribution in [2.45, 2.75) is 57.9 Å². The average Bonchev–Trinajstić information content (AvgIpc) is 2.95. The van der Waals surface area contributed by atoms with E-state index in [2.05, 4.69) is 17.6 Å². The molecule has 0 bridgehead atoms. The van der Waals surface area contributed by atoms with Gasteiger partial charge in [-0.3, -0.25) is 9.59 Å². The summed E-state index contributed by atoms with van der Waals surface area (Å²) in [6, 6.07) is 0. The molecule has 0 aromatic carbocycles. The van der Waals surface area contributed by atoms with E-state index in [1.54, 1.807) is 6.92 Å². The molecule has 1 atom stereocenters. The molecule has 2 N–H and O–H groups in total. The molecular weight excluding hydrogens is 266 g/mol. The minimum atomic E-state index is -0.292. The molecule has 0 aromatic heterocycles. The Morgan fingerprint density at radius 1 is 1.33 bits per heavy atom. The summed E-state index contributed by atoms with van der Waals surface area (Å²) in [6.07, 6.45) is 6.05. The van der Waals surface area contributed by atoms with E-state index in [4.69, 9.17) is 0 Å². The highest BCUT2D eigenvalue weighted by Crippen LogP contribution is 2.29. The van der Waals surface area contributed by atoms with Gasteiger partial charge in [0.15, 0.2) is 0 Å². The lowest BCUT2D eigenvalue weighted by molar-refractivity contribution is -0.139. The Morgan fingerprint density at radius 2 is 2.05 bits per heavy atom. The van der Waals surface area contributed by atoms with Gasteiger partial charge in [-0.05, 0) is 44.6 Å². The number of amides is 2. The van der Waals surface area contributed by atoms with Gasteiger partial charge in [-0.25, -0.2) is 0 Å². The highest BCUT2D eigenvalue weighted by molar-refractivity contribution is 5.86. The van der Waals surface area contributed by atoms with Crippen LogP contribution in [-0.2, 0) is 9.59 Å². The van der Waals surface area contributed by atoms with Crippen LogP contribution >= 0.6 is 0 Å². The molecule has 2 amide bonds. The molecule has 21 heavy (non-hydrogen) atoms. The van der Waals surface area contributed by atoms with Crippen LogP contribution in [-0.4, -0.2) is 48.4 Å². The van der Waals surface area contributed by atoms with Crippen LogP contribution in [0.3, 0.4) is 0 Å². The molecule has 2 fully saturated rings. The van der Waals surface area contributed by atoms with E-state index in [0.29, 0.717) is 11.8 Å². The average molecular weight is 295 g/mol. The van der Waals surface area contributed by atoms with Gasteiger partial charge in [0.25, 0.3) is 0 Å². The Balaban J connectivity index is 1.86. The van der Waals surface area contributed by atoms with Crippen molar-refractivity contribution in [1.82, 2.24) is 15.5 Å². The number of carbonyl (C=O) groups is 2. The fourth-order valence-corrected chi connectivity index (χ4v) is 3.67. The van der Waals surface area contributed by atoms with Crippen LogP contribution in [0.15, 0.2) is 0 Å². The zero-order valence-corrected chi connectivity index (χ0v) is 13.4. The quantitative estimate of drug-likeness (QED) is 0.803. The molecular formula is C16H29N3O2. The van der Waals surface area contributed by atoms with Crippen molar-refractivity contribution < 1.29 is 9.59 Å². The molecule has 2 heterocycles. The minimum absolute atomic E-state index is 0.0329. The van der Waals surface area contributed by atoms with Crippen molar-refractivity contribution in [3.63, 3.8) is 0 Å². The predicted octanol–water partition coefficient (Wildman–Crippen LogP) is 1.28. The van der Waals surface area contributed by atoms with Crippen molar-refractivity contribution in [2.75, 3.05) is 26.2 Å². The summed E-state index contributed by atoms with van der Waals surface area (Å²) in [4.78, 5) is 25.9. The summed E-state index contributed by atoms with van der Waals surface area (Å²) in [5.74, 6) is 0.849. The Morgan fingerprint density at radius 3 is 2.57 bits per heavy atom. The van der Waals surface area contributed by atoms with E-state index >= 15 is 0 Å². The predicted molar refractivity (Wildman–Crippen MR) is 82.9 cm³/mol. The Bertz CT molecular complexity index is 370. The van der Waals surface area contributed by atoms with Crippen molar-refractivity contribution in [3.05, 3.63) is 0 Å². The molecule has 0 radical (unpaired) electrons. The van der Waals surface area contributed by atoms with Crippen LogP contribution < -0.4 is 10.6 Å². The number of nitrogens with zero attached hydrogens (tertiary/aromatic N) is 1. The molecule has 2 aliphatic heterocycles. The lowest BCUT2D eigenvalue weighted by Crippen LogP contribution is -2.56. The van der Waals surface area contributed by atoms with E-state index in [1.165, 1.54) is 0 Å². The number of piperidine rings is 1. The van der Waals surface area contributed by atoms with Crippen LogP contribution in [0.25, 0.3) is 0 Å². The summed E-state index contributed by atoms with van der Waals surface area (Å²) >= 11 is 0. The maximum Gasteiger partial charge on any atom is 0.242 e. The number of hydrogen-bond donors (Lipinski definition) is 2. The van der Waals surface area contributed by atoms with Crippen LogP contribution in [0.4, 0.5) is 0 Å². The zero-order chi connectivity index (χ0) is 15.3. The van der Waals surface area contributed by atoms with E-state index in [1.807, 2.05) is 4.90 Å². The minimum Gasteiger partial charge on any atom is -0.356 e. The second-order valence-electron chi connectivity index (χ2n) is 6.54. The maximum absolute atomic E-state index is 12.9. The van der Waals surface area contributed by atoms with Gasteiger partial charge < -0.3 is 15.5 Å². The summed E-state index contributed by atoms with van der Waals surface area (Å²) in [5.41, 5.74) is -0.292. The molecule has 5 heteroatoms. The number of rotatable bonds is 5. The highest BCUT2D eigenvalue weighted by atomic mass is 16.2. The van der Waals surface area contributed by atoms with Gasteiger partial charge in [-0.1, -0.05) is 13.3 Å². The van der Waals surface area contributed by atoms with Crippen LogP contribution in [0.2, 0.25) is 0 Å². The van der Waals surface area contributed by atoms with Gasteiger partial charge in [-0.2, -0.15) is 0 Å². The van der Waals surface area contributed by atoms with Crippen molar-refractivity contribution >= 4 is 11.8 Å². The molecule has 120 valence electrons. The van der Waals surface area contributed by atoms with Crippen LogP contribution in [0, 0.1) is 5.92 Å². The van der Waals surface area contributed by atoms with Gasteiger partial charge in [-0.15, -0.1) is 0 Å². The van der Waals surface area contributed by atoms with Gasteiger partial charge in [0.1, 0.15) is 0 Å². The Kier molecular flexibility index (Phi) is 5.62. The summed E-state index contributed by atoms with van der Waals surface area (Å²) in [6.45, 7) is 7.07. The molecule has 5 nitrogen and oxygen atoms in total. The van der Waals surface area contributed by atoms with Gasteiger partial charge in [0, 0.05) is 26.6 Å². The second kappa shape index (κ2) is 7.25. The third kappa shape index (κ3) is 3.96. The van der Waals surface area contributed by atoms with E-state index in [9.17, 15) is 9.59 Å². The number of likely N-dealkylation sites (tertiary alicyclic amines) is 1. The van der Waals surface area contributed by atoms with E-state index in [-0.39, 0.29) is 11.4 Å². The van der Waals surface area contributed by atoms with Crippen molar-refractivity contribution in [1.29, 1.82) is 0 Å². The highest BCUT2D eigenvalue weighted by Gasteiger charge is 2.43. The third-order valence-electron chi connectivity index (χ3n) is 4.87. The van der Waals surface area contributed by atoms with Crippen LogP contribution in [0.5, 0.6) is 0 Å². The molecule has 2 saturated heterocycles. The summed E-state index contributed by atoms with van der Waals surface area (Å²) < 4.78 is 0. The fraction of sp³-hybridized carbons (Fsp3) is 0.875. The monoisotopic (exact) mass is 295 g/mol. The first-order valence-electron chi connectivity index (χ1n) is 8.36. The molecule has 0 saturated carbocycles. The SMILES string of the molecule is CCCC1(C(=O)N2CCC(CNC(C)=O)CC2)CCCN1. The first-order valence-corrected chi connectivity index (χ1v) is 8.36. The molecule has 0 aliphatic carbocycles. The second-order valence-corrected chi connectivity index (χ2v) is 6.54. The topological polar surface area (TPSA) is 61.4 Å². The molecule has 1 unspecified atom stereocenters. The van der Waals surface area contributed by atoms with Crippen LogP contribution in [0.1, 0.15) is 52.4 Å². The summed E-state index contributed by atoms with van der Waals surface area (Å²) in [7, 11) is 0. The largest absolute Gasteiger partial charge is 0.356 e. The molecule has 0 spiro atoms. The third-order valence-corrected chi connectivity index (χ3v) is 4.87. The first kappa shape index (κ1) is 16.3. The lowest BCUT2D eigenvalue weighted by atomic mass is 9.88.